The molecule has 0 saturated carbocycles. The monoisotopic (exact) mass is 413 g/mol. The number of fused-ring (bicyclic) bond motifs is 4. The van der Waals surface area contributed by atoms with E-state index in [1.807, 2.05) is 24.0 Å². The number of aromatic nitrogens is 1. The van der Waals surface area contributed by atoms with Gasteiger partial charge in [0.25, 0.3) is 5.91 Å². The summed E-state index contributed by atoms with van der Waals surface area (Å²) in [6.45, 7) is 3.91. The zero-order valence-corrected chi connectivity index (χ0v) is 18.0. The van der Waals surface area contributed by atoms with Gasteiger partial charge in [0.1, 0.15) is 17.6 Å². The Morgan fingerprint density at radius 2 is 2.00 bits per heavy atom. The smallest absolute Gasteiger partial charge is 0.272 e. The fourth-order valence-electron chi connectivity index (χ4n) is 5.41. The van der Waals surface area contributed by atoms with Gasteiger partial charge >= 0.3 is 0 Å². The van der Waals surface area contributed by atoms with Crippen LogP contribution in [0.25, 0.3) is 0 Å². The quantitative estimate of drug-likeness (QED) is 0.800. The van der Waals surface area contributed by atoms with Crippen LogP contribution in [0.4, 0.5) is 5.82 Å². The van der Waals surface area contributed by atoms with E-state index in [2.05, 4.69) is 15.2 Å². The third kappa shape index (κ3) is 3.63. The van der Waals surface area contributed by atoms with E-state index in [0.29, 0.717) is 31.1 Å². The lowest BCUT2D eigenvalue weighted by Gasteiger charge is -2.56. The van der Waals surface area contributed by atoms with E-state index in [1.54, 1.807) is 20.2 Å². The number of likely N-dealkylation sites (N-methyl/N-ethyl adjacent to an activating group) is 1. The number of carbonyl (C=O) groups excluding carboxylic acids is 3. The lowest BCUT2D eigenvalue weighted by molar-refractivity contribution is -0.156. The fourth-order valence-corrected chi connectivity index (χ4v) is 5.41. The Bertz CT molecular complexity index is 842. The van der Waals surface area contributed by atoms with Crippen LogP contribution in [0.3, 0.4) is 0 Å². The van der Waals surface area contributed by atoms with Gasteiger partial charge in [-0.25, -0.2) is 4.98 Å². The van der Waals surface area contributed by atoms with Gasteiger partial charge in [0.2, 0.25) is 11.8 Å². The summed E-state index contributed by atoms with van der Waals surface area (Å²) in [6, 6.07) is 5.20. The number of hydrogen-bond acceptors (Lipinski definition) is 5. The minimum absolute atomic E-state index is 0.0486. The van der Waals surface area contributed by atoms with Crippen molar-refractivity contribution in [2.45, 2.75) is 44.7 Å². The van der Waals surface area contributed by atoms with Gasteiger partial charge in [-0.3, -0.25) is 14.4 Å². The maximum Gasteiger partial charge on any atom is 0.272 e. The number of rotatable bonds is 4. The highest BCUT2D eigenvalue weighted by atomic mass is 16.2. The number of nitrogens with zero attached hydrogens (tertiary/aromatic N) is 4. The normalized spacial score (nSPS) is 28.0. The highest BCUT2D eigenvalue weighted by molar-refractivity contribution is 5.92. The minimum atomic E-state index is -0.423. The number of amides is 3. The van der Waals surface area contributed by atoms with Crippen molar-refractivity contribution < 1.29 is 14.4 Å². The van der Waals surface area contributed by atoms with Crippen LogP contribution in [0.5, 0.6) is 0 Å². The van der Waals surface area contributed by atoms with Crippen molar-refractivity contribution in [3.05, 3.63) is 23.9 Å². The van der Waals surface area contributed by atoms with E-state index in [4.69, 9.17) is 0 Å². The van der Waals surface area contributed by atoms with Gasteiger partial charge in [-0.05, 0) is 44.2 Å². The summed E-state index contributed by atoms with van der Waals surface area (Å²) in [5.74, 6) is 1.08. The molecule has 4 heterocycles. The van der Waals surface area contributed by atoms with Crippen LogP contribution >= 0.6 is 0 Å². The summed E-state index contributed by atoms with van der Waals surface area (Å²) >= 11 is 0. The first-order valence-corrected chi connectivity index (χ1v) is 10.9. The highest BCUT2D eigenvalue weighted by Gasteiger charge is 2.52. The molecule has 1 aromatic heterocycles. The number of carbonyl (C=O) groups is 3. The molecule has 3 amide bonds. The molecule has 3 aliphatic rings. The Morgan fingerprint density at radius 3 is 2.73 bits per heavy atom. The van der Waals surface area contributed by atoms with E-state index in [0.717, 1.165) is 31.6 Å². The molecule has 30 heavy (non-hydrogen) atoms. The molecule has 0 aliphatic carbocycles. The van der Waals surface area contributed by atoms with Gasteiger partial charge in [-0.2, -0.15) is 0 Å². The molecule has 1 aromatic rings. The Hall–Kier alpha value is -2.64. The first kappa shape index (κ1) is 20.6. The first-order valence-electron chi connectivity index (χ1n) is 10.9. The third-order valence-corrected chi connectivity index (χ3v) is 6.64. The second kappa shape index (κ2) is 8.24. The molecule has 1 N–H and O–H groups in total. The molecular weight excluding hydrogens is 382 g/mol. The second-order valence-electron chi connectivity index (χ2n) is 8.84. The Labute approximate surface area is 177 Å². The molecule has 3 aliphatic heterocycles. The van der Waals surface area contributed by atoms with Gasteiger partial charge in [-0.15, -0.1) is 0 Å². The van der Waals surface area contributed by atoms with Gasteiger partial charge in [0.15, 0.2) is 0 Å². The van der Waals surface area contributed by atoms with Gasteiger partial charge in [-0.1, -0.05) is 6.07 Å². The van der Waals surface area contributed by atoms with Crippen LogP contribution in [-0.2, 0) is 9.59 Å². The summed E-state index contributed by atoms with van der Waals surface area (Å²) in [4.78, 5) is 48.4. The number of anilines is 1. The summed E-state index contributed by atoms with van der Waals surface area (Å²) in [7, 11) is 3.43. The molecule has 0 radical (unpaired) electrons. The molecule has 4 atom stereocenters. The van der Waals surface area contributed by atoms with Crippen LogP contribution in [0.2, 0.25) is 0 Å². The van der Waals surface area contributed by atoms with Crippen LogP contribution < -0.4 is 10.2 Å². The number of pyridine rings is 1. The van der Waals surface area contributed by atoms with Gasteiger partial charge in [0, 0.05) is 52.1 Å². The average molecular weight is 414 g/mol. The number of nitrogens with one attached hydrogen (secondary N) is 1. The highest BCUT2D eigenvalue weighted by Crippen LogP contribution is 2.42. The summed E-state index contributed by atoms with van der Waals surface area (Å²) in [5, 5.41) is 2.95. The lowest BCUT2D eigenvalue weighted by Crippen LogP contribution is -2.68. The standard InChI is InChI=1S/C22H31N5O3/c1-4-23-21(29)20-15-11-14(17-8-6-10-19(28)27(17)20)12-26(13-15)18-9-5-7-16(24-18)22(30)25(2)3/h5,7,9,14-15,17,20H,4,6,8,10-13H2,1-3H3,(H,23,29)/t14-,15+,17-,20+/m0/s1. The predicted molar refractivity (Wildman–Crippen MR) is 113 cm³/mol. The third-order valence-electron chi connectivity index (χ3n) is 6.64. The van der Waals surface area contributed by atoms with Crippen LogP contribution in [-0.4, -0.2) is 78.3 Å². The zero-order chi connectivity index (χ0) is 21.4. The Kier molecular flexibility index (Phi) is 5.66. The van der Waals surface area contributed by atoms with E-state index in [-0.39, 0.29) is 29.7 Å². The SMILES string of the molecule is CCNC(=O)[C@H]1[C@@H]2C[C@@H](CN(c3cccc(C(=O)N(C)C)n3)C2)[C@@H]2CCCC(=O)N21. The molecule has 3 fully saturated rings. The maximum atomic E-state index is 13.0. The largest absolute Gasteiger partial charge is 0.356 e. The van der Waals surface area contributed by atoms with Crippen molar-refractivity contribution in [3.8, 4) is 0 Å². The Balaban J connectivity index is 1.64. The van der Waals surface area contributed by atoms with E-state index in [9.17, 15) is 14.4 Å². The number of hydrogen-bond donors (Lipinski definition) is 1. The van der Waals surface area contributed by atoms with Crippen molar-refractivity contribution in [2.24, 2.45) is 11.8 Å². The van der Waals surface area contributed by atoms with Crippen molar-refractivity contribution in [1.29, 1.82) is 0 Å². The molecule has 8 heteroatoms. The molecule has 0 spiro atoms. The topological polar surface area (TPSA) is 85.9 Å². The Morgan fingerprint density at radius 1 is 1.23 bits per heavy atom. The van der Waals surface area contributed by atoms with Crippen LogP contribution in [0.1, 0.15) is 43.1 Å². The second-order valence-corrected chi connectivity index (χ2v) is 8.84. The molecular formula is C22H31N5O3. The zero-order valence-electron chi connectivity index (χ0n) is 18.0. The number of piperidine rings is 3. The molecule has 3 saturated heterocycles. The van der Waals surface area contributed by atoms with Crippen molar-refractivity contribution in [1.82, 2.24) is 20.1 Å². The van der Waals surface area contributed by atoms with E-state index >= 15 is 0 Å². The van der Waals surface area contributed by atoms with E-state index in [1.165, 1.54) is 4.90 Å². The molecule has 162 valence electrons. The van der Waals surface area contributed by atoms with Crippen molar-refractivity contribution in [3.63, 3.8) is 0 Å². The summed E-state index contributed by atoms with van der Waals surface area (Å²) in [6.07, 6.45) is 3.31. The molecule has 4 rings (SSSR count). The van der Waals surface area contributed by atoms with Crippen LogP contribution in [0, 0.1) is 11.8 Å². The predicted octanol–water partition coefficient (Wildman–Crippen LogP) is 1.13. The molecule has 8 nitrogen and oxygen atoms in total. The average Bonchev–Trinajstić information content (AvgIpc) is 2.74. The summed E-state index contributed by atoms with van der Waals surface area (Å²) < 4.78 is 0. The van der Waals surface area contributed by atoms with Crippen molar-refractivity contribution >= 4 is 23.5 Å². The fraction of sp³-hybridized carbons (Fsp3) is 0.636. The molecule has 0 aromatic carbocycles. The van der Waals surface area contributed by atoms with Gasteiger partial charge < -0.3 is 20.0 Å². The maximum absolute atomic E-state index is 13.0. The van der Waals surface area contributed by atoms with Crippen LogP contribution in [0.15, 0.2) is 18.2 Å². The lowest BCUT2D eigenvalue weighted by atomic mass is 9.71. The summed E-state index contributed by atoms with van der Waals surface area (Å²) in [5.41, 5.74) is 0.419. The minimum Gasteiger partial charge on any atom is -0.356 e. The van der Waals surface area contributed by atoms with E-state index < -0.39 is 6.04 Å². The first-order chi connectivity index (χ1) is 14.4. The molecule has 2 bridgehead atoms. The van der Waals surface area contributed by atoms with Crippen molar-refractivity contribution in [2.75, 3.05) is 38.6 Å². The molecule has 0 unspecified atom stereocenters. The van der Waals surface area contributed by atoms with Gasteiger partial charge in [0.05, 0.1) is 0 Å².